The summed E-state index contributed by atoms with van der Waals surface area (Å²) in [4.78, 5) is 28.1. The normalized spacial score (nSPS) is 21.8. The highest BCUT2D eigenvalue weighted by Crippen LogP contribution is 2.33. The molecule has 1 heterocycles. The number of piperazine rings is 1. The number of esters is 1. The van der Waals surface area contributed by atoms with E-state index in [0.717, 1.165) is 64.1 Å². The molecule has 0 radical (unpaired) electrons. The summed E-state index contributed by atoms with van der Waals surface area (Å²) in [7, 11) is 0. The third kappa shape index (κ3) is 7.42. The lowest BCUT2D eigenvalue weighted by molar-refractivity contribution is -0.141. The van der Waals surface area contributed by atoms with Gasteiger partial charge >= 0.3 is 12.0 Å². The molecule has 1 saturated carbocycles. The fraction of sp³-hybridized carbons (Fsp3) is 0.652. The topological polar surface area (TPSA) is 73.9 Å². The van der Waals surface area contributed by atoms with Crippen LogP contribution in [0, 0.1) is 5.92 Å². The minimum Gasteiger partial charge on any atom is -0.465 e. The second-order valence-electron chi connectivity index (χ2n) is 8.54. The van der Waals surface area contributed by atoms with E-state index in [1.54, 1.807) is 6.92 Å². The van der Waals surface area contributed by atoms with E-state index in [2.05, 4.69) is 20.4 Å². The van der Waals surface area contributed by atoms with Crippen LogP contribution in [0.15, 0.2) is 18.2 Å². The van der Waals surface area contributed by atoms with Crippen LogP contribution in [0.5, 0.6) is 0 Å². The molecule has 2 fully saturated rings. The van der Waals surface area contributed by atoms with E-state index in [9.17, 15) is 9.59 Å². The van der Waals surface area contributed by atoms with Gasteiger partial charge in [0.05, 0.1) is 22.3 Å². The molecule has 1 aliphatic carbocycles. The number of hydrogen-bond donors (Lipinski definition) is 2. The van der Waals surface area contributed by atoms with E-state index in [1.165, 1.54) is 6.42 Å². The van der Waals surface area contributed by atoms with Crippen LogP contribution >= 0.6 is 23.2 Å². The Labute approximate surface area is 200 Å². The number of halogens is 2. The molecule has 3 rings (SSSR count). The molecule has 0 atom stereocenters. The van der Waals surface area contributed by atoms with Gasteiger partial charge in [0.15, 0.2) is 0 Å². The maximum atomic E-state index is 11.9. The zero-order chi connectivity index (χ0) is 22.9. The van der Waals surface area contributed by atoms with Gasteiger partial charge in [-0.1, -0.05) is 29.3 Å². The summed E-state index contributed by atoms with van der Waals surface area (Å²) in [5, 5.41) is 6.79. The molecule has 1 aliphatic heterocycles. The van der Waals surface area contributed by atoms with Gasteiger partial charge in [0, 0.05) is 32.2 Å². The van der Waals surface area contributed by atoms with Crippen LogP contribution in [0.1, 0.15) is 39.0 Å². The van der Waals surface area contributed by atoms with Crippen molar-refractivity contribution in [1.29, 1.82) is 0 Å². The fourth-order valence-electron chi connectivity index (χ4n) is 4.51. The van der Waals surface area contributed by atoms with Gasteiger partial charge in [0.1, 0.15) is 6.54 Å². The molecule has 2 amide bonds. The molecule has 9 heteroatoms. The Morgan fingerprint density at radius 3 is 2.50 bits per heavy atom. The molecule has 1 saturated heterocycles. The Morgan fingerprint density at radius 1 is 1.09 bits per heavy atom. The third-order valence-corrected chi connectivity index (χ3v) is 7.19. The highest BCUT2D eigenvalue weighted by molar-refractivity contribution is 6.43. The molecule has 0 unspecified atom stereocenters. The first-order valence-corrected chi connectivity index (χ1v) is 12.3. The summed E-state index contributed by atoms with van der Waals surface area (Å²) in [6.45, 7) is 7.05. The molecule has 1 aromatic carbocycles. The summed E-state index contributed by atoms with van der Waals surface area (Å²) < 4.78 is 4.81. The lowest BCUT2D eigenvalue weighted by Gasteiger charge is -2.37. The van der Waals surface area contributed by atoms with Crippen LogP contribution in [0.2, 0.25) is 10.0 Å². The van der Waals surface area contributed by atoms with E-state index in [0.29, 0.717) is 22.6 Å². The van der Waals surface area contributed by atoms with E-state index >= 15 is 0 Å². The van der Waals surface area contributed by atoms with E-state index in [-0.39, 0.29) is 18.6 Å². The number of urea groups is 1. The predicted octanol–water partition coefficient (Wildman–Crippen LogP) is 3.93. The average Bonchev–Trinajstić information content (AvgIpc) is 2.80. The van der Waals surface area contributed by atoms with Crippen molar-refractivity contribution in [3.05, 3.63) is 28.2 Å². The van der Waals surface area contributed by atoms with Gasteiger partial charge in [-0.15, -0.1) is 0 Å². The number of benzene rings is 1. The van der Waals surface area contributed by atoms with Gasteiger partial charge in [0.2, 0.25) is 0 Å². The van der Waals surface area contributed by atoms with Crippen LogP contribution in [0.25, 0.3) is 0 Å². The molecule has 178 valence electrons. The lowest BCUT2D eigenvalue weighted by atomic mass is 9.84. The first-order valence-electron chi connectivity index (χ1n) is 11.6. The summed E-state index contributed by atoms with van der Waals surface area (Å²) in [5.41, 5.74) is 1.02. The number of nitrogens with one attached hydrogen (secondary N) is 2. The van der Waals surface area contributed by atoms with Gasteiger partial charge in [-0.05, 0) is 63.6 Å². The SMILES string of the molecule is CCOC(=O)CNC(=O)NC1CCC(CCN2CCN(c3cccc(Cl)c3Cl)CC2)CC1. The van der Waals surface area contributed by atoms with Crippen molar-refractivity contribution in [1.82, 2.24) is 15.5 Å². The molecule has 32 heavy (non-hydrogen) atoms. The minimum atomic E-state index is -0.414. The maximum Gasteiger partial charge on any atom is 0.325 e. The van der Waals surface area contributed by atoms with Crippen molar-refractivity contribution < 1.29 is 14.3 Å². The van der Waals surface area contributed by atoms with Crippen LogP contribution in [-0.4, -0.2) is 68.8 Å². The molecule has 0 aromatic heterocycles. The smallest absolute Gasteiger partial charge is 0.325 e. The fourth-order valence-corrected chi connectivity index (χ4v) is 4.93. The number of amides is 2. The Kier molecular flexibility index (Phi) is 9.75. The molecule has 2 N–H and O–H groups in total. The van der Waals surface area contributed by atoms with Crippen molar-refractivity contribution in [3.63, 3.8) is 0 Å². The van der Waals surface area contributed by atoms with Crippen molar-refractivity contribution in [2.75, 3.05) is 50.8 Å². The largest absolute Gasteiger partial charge is 0.465 e. The Morgan fingerprint density at radius 2 is 1.81 bits per heavy atom. The van der Waals surface area contributed by atoms with Crippen LogP contribution in [-0.2, 0) is 9.53 Å². The number of rotatable bonds is 8. The average molecular weight is 485 g/mol. The van der Waals surface area contributed by atoms with Crippen LogP contribution in [0.3, 0.4) is 0 Å². The van der Waals surface area contributed by atoms with Crippen molar-refractivity contribution >= 4 is 40.9 Å². The van der Waals surface area contributed by atoms with E-state index in [1.807, 2.05) is 18.2 Å². The molecule has 2 aliphatic rings. The van der Waals surface area contributed by atoms with Crippen LogP contribution < -0.4 is 15.5 Å². The number of nitrogens with zero attached hydrogens (tertiary/aromatic N) is 2. The maximum absolute atomic E-state index is 11.9. The van der Waals surface area contributed by atoms with Gasteiger partial charge < -0.3 is 20.3 Å². The molecular weight excluding hydrogens is 451 g/mol. The Balaban J connectivity index is 1.30. The first-order chi connectivity index (χ1) is 15.5. The summed E-state index contributed by atoms with van der Waals surface area (Å²) in [6, 6.07) is 5.70. The Bertz CT molecular complexity index is 764. The minimum absolute atomic E-state index is 0.0915. The van der Waals surface area contributed by atoms with Crippen LogP contribution in [0.4, 0.5) is 10.5 Å². The molecule has 1 aromatic rings. The highest BCUT2D eigenvalue weighted by atomic mass is 35.5. The van der Waals surface area contributed by atoms with Gasteiger partial charge in [-0.3, -0.25) is 9.69 Å². The zero-order valence-electron chi connectivity index (χ0n) is 18.7. The third-order valence-electron chi connectivity index (χ3n) is 6.38. The lowest BCUT2D eigenvalue weighted by Crippen LogP contribution is -2.47. The summed E-state index contributed by atoms with van der Waals surface area (Å²) in [5.74, 6) is 0.291. The standard InChI is InChI=1S/C23H34Cl2N4O3/c1-2-32-21(30)16-26-23(31)27-18-8-6-17(7-9-18)10-11-28-12-14-29(15-13-28)20-5-3-4-19(24)22(20)25/h3-5,17-18H,2,6-16H2,1H3,(H2,26,27,31). The molecular formula is C23H34Cl2N4O3. The second kappa shape index (κ2) is 12.5. The molecule has 0 bridgehead atoms. The van der Waals surface area contributed by atoms with Gasteiger partial charge in [-0.2, -0.15) is 0 Å². The van der Waals surface area contributed by atoms with Crippen molar-refractivity contribution in [3.8, 4) is 0 Å². The number of anilines is 1. The first kappa shape index (κ1) is 24.9. The number of hydrogen-bond acceptors (Lipinski definition) is 5. The quantitative estimate of drug-likeness (QED) is 0.546. The molecule has 0 spiro atoms. The van der Waals surface area contributed by atoms with Crippen molar-refractivity contribution in [2.45, 2.75) is 45.1 Å². The number of carbonyl (C=O) groups is 2. The predicted molar refractivity (Wildman–Crippen MR) is 129 cm³/mol. The summed E-state index contributed by atoms with van der Waals surface area (Å²) >= 11 is 12.5. The zero-order valence-corrected chi connectivity index (χ0v) is 20.3. The Hall–Kier alpha value is -1.70. The van der Waals surface area contributed by atoms with Gasteiger partial charge in [-0.25, -0.2) is 4.79 Å². The van der Waals surface area contributed by atoms with E-state index < -0.39 is 5.97 Å². The number of carbonyl (C=O) groups excluding carboxylic acids is 2. The molecule has 7 nitrogen and oxygen atoms in total. The second-order valence-corrected chi connectivity index (χ2v) is 9.33. The number of ether oxygens (including phenoxy) is 1. The summed E-state index contributed by atoms with van der Waals surface area (Å²) in [6.07, 6.45) is 5.42. The van der Waals surface area contributed by atoms with Gasteiger partial charge in [0.25, 0.3) is 0 Å². The van der Waals surface area contributed by atoms with E-state index in [4.69, 9.17) is 27.9 Å². The van der Waals surface area contributed by atoms with Crippen molar-refractivity contribution in [2.24, 2.45) is 5.92 Å². The monoisotopic (exact) mass is 484 g/mol. The highest BCUT2D eigenvalue weighted by Gasteiger charge is 2.24.